The summed E-state index contributed by atoms with van der Waals surface area (Å²) in [6.45, 7) is 5.09. The molecule has 19 heavy (non-hydrogen) atoms. The Morgan fingerprint density at radius 3 is 2.74 bits per heavy atom. The van der Waals surface area contributed by atoms with E-state index in [0.29, 0.717) is 0 Å². The fraction of sp³-hybridized carbons (Fsp3) is 1.00. The molecule has 2 heterocycles. The van der Waals surface area contributed by atoms with Gasteiger partial charge in [-0.3, -0.25) is 0 Å². The highest BCUT2D eigenvalue weighted by Gasteiger charge is 2.33. The maximum atomic E-state index is 3.94. The van der Waals surface area contributed by atoms with Crippen LogP contribution in [-0.4, -0.2) is 50.2 Å². The van der Waals surface area contributed by atoms with Gasteiger partial charge in [0.15, 0.2) is 0 Å². The Kier molecular flexibility index (Phi) is 4.78. The number of nitrogens with one attached hydrogen (secondary N) is 2. The Morgan fingerprint density at radius 2 is 2.00 bits per heavy atom. The molecule has 1 aliphatic carbocycles. The number of likely N-dealkylation sites (tertiary alicyclic amines) is 1. The molecular formula is C16H31N3. The van der Waals surface area contributed by atoms with Crippen LogP contribution in [0.15, 0.2) is 0 Å². The molecule has 0 radical (unpaired) electrons. The van der Waals surface area contributed by atoms with Crippen molar-refractivity contribution in [2.45, 2.75) is 57.0 Å². The molecule has 0 amide bonds. The van der Waals surface area contributed by atoms with Crippen molar-refractivity contribution in [1.82, 2.24) is 15.5 Å². The molecule has 3 aliphatic rings. The topological polar surface area (TPSA) is 27.3 Å². The van der Waals surface area contributed by atoms with Gasteiger partial charge >= 0.3 is 0 Å². The van der Waals surface area contributed by atoms with E-state index in [-0.39, 0.29) is 0 Å². The minimum atomic E-state index is 0.787. The zero-order valence-electron chi connectivity index (χ0n) is 12.5. The van der Waals surface area contributed by atoms with E-state index in [9.17, 15) is 0 Å². The van der Waals surface area contributed by atoms with Crippen molar-refractivity contribution in [3.05, 3.63) is 0 Å². The van der Waals surface area contributed by atoms with Gasteiger partial charge < -0.3 is 15.5 Å². The molecule has 2 N–H and O–H groups in total. The maximum Gasteiger partial charge on any atom is 0.0111 e. The van der Waals surface area contributed by atoms with Crippen LogP contribution < -0.4 is 10.6 Å². The van der Waals surface area contributed by atoms with E-state index in [0.717, 1.165) is 23.9 Å². The van der Waals surface area contributed by atoms with E-state index >= 15 is 0 Å². The third kappa shape index (κ3) is 3.50. The number of hydrogen-bond donors (Lipinski definition) is 2. The minimum Gasteiger partial charge on any atom is -0.314 e. The van der Waals surface area contributed by atoms with Gasteiger partial charge in [-0.05, 0) is 70.6 Å². The molecule has 0 aromatic carbocycles. The third-order valence-corrected chi connectivity index (χ3v) is 5.59. The van der Waals surface area contributed by atoms with Crippen LogP contribution in [0.3, 0.4) is 0 Å². The molecule has 0 spiro atoms. The van der Waals surface area contributed by atoms with Gasteiger partial charge in [0, 0.05) is 18.6 Å². The maximum absolute atomic E-state index is 3.94. The van der Waals surface area contributed by atoms with Crippen molar-refractivity contribution in [2.24, 2.45) is 11.8 Å². The summed E-state index contributed by atoms with van der Waals surface area (Å²) in [6.07, 6.45) is 9.93. The molecule has 1 saturated carbocycles. The number of hydrogen-bond acceptors (Lipinski definition) is 3. The molecule has 4 atom stereocenters. The van der Waals surface area contributed by atoms with E-state index < -0.39 is 0 Å². The summed E-state index contributed by atoms with van der Waals surface area (Å²) in [5.41, 5.74) is 0. The van der Waals surface area contributed by atoms with Gasteiger partial charge in [0.2, 0.25) is 0 Å². The quantitative estimate of drug-likeness (QED) is 0.812. The predicted octanol–water partition coefficient (Wildman–Crippen LogP) is 1.84. The lowest BCUT2D eigenvalue weighted by atomic mass is 9.79. The Bertz CT molecular complexity index is 275. The molecule has 3 nitrogen and oxygen atoms in total. The minimum absolute atomic E-state index is 0.787. The Labute approximate surface area is 118 Å². The van der Waals surface area contributed by atoms with Crippen molar-refractivity contribution in [2.75, 3.05) is 33.2 Å². The highest BCUT2D eigenvalue weighted by Crippen LogP contribution is 2.31. The molecule has 0 aromatic heterocycles. The lowest BCUT2D eigenvalue weighted by Gasteiger charge is -2.37. The zero-order chi connectivity index (χ0) is 13.1. The van der Waals surface area contributed by atoms with Crippen LogP contribution in [0, 0.1) is 11.8 Å². The Morgan fingerprint density at radius 1 is 1.11 bits per heavy atom. The molecule has 0 aromatic rings. The van der Waals surface area contributed by atoms with Gasteiger partial charge in [0.25, 0.3) is 0 Å². The summed E-state index contributed by atoms with van der Waals surface area (Å²) in [5, 5.41) is 7.69. The predicted molar refractivity (Wildman–Crippen MR) is 80.4 cm³/mol. The smallest absolute Gasteiger partial charge is 0.0111 e. The van der Waals surface area contributed by atoms with Crippen LogP contribution in [0.25, 0.3) is 0 Å². The monoisotopic (exact) mass is 265 g/mol. The first kappa shape index (κ1) is 13.8. The molecule has 2 saturated heterocycles. The Hall–Kier alpha value is -0.120. The van der Waals surface area contributed by atoms with Crippen molar-refractivity contribution >= 4 is 0 Å². The molecule has 3 fully saturated rings. The van der Waals surface area contributed by atoms with E-state index in [1.807, 2.05) is 0 Å². The fourth-order valence-corrected chi connectivity index (χ4v) is 4.48. The van der Waals surface area contributed by atoms with Crippen molar-refractivity contribution in [3.8, 4) is 0 Å². The molecule has 110 valence electrons. The third-order valence-electron chi connectivity index (χ3n) is 5.59. The SMILES string of the molecule is CN1CCC(CNC2CCCCC2C2CCCN2)C1. The first-order valence-electron chi connectivity index (χ1n) is 8.48. The molecule has 3 heteroatoms. The number of rotatable bonds is 4. The molecule has 4 unspecified atom stereocenters. The van der Waals surface area contributed by atoms with Gasteiger partial charge in [-0.15, -0.1) is 0 Å². The second-order valence-corrected chi connectivity index (χ2v) is 7.08. The molecular weight excluding hydrogens is 234 g/mol. The fourth-order valence-electron chi connectivity index (χ4n) is 4.48. The summed E-state index contributed by atoms with van der Waals surface area (Å²) < 4.78 is 0. The summed E-state index contributed by atoms with van der Waals surface area (Å²) in [5.74, 6) is 1.79. The molecule has 0 bridgehead atoms. The van der Waals surface area contributed by atoms with Crippen LogP contribution in [-0.2, 0) is 0 Å². The zero-order valence-corrected chi connectivity index (χ0v) is 12.5. The van der Waals surface area contributed by atoms with E-state index in [4.69, 9.17) is 0 Å². The van der Waals surface area contributed by atoms with Crippen LogP contribution >= 0.6 is 0 Å². The Balaban J connectivity index is 1.49. The summed E-state index contributed by atoms with van der Waals surface area (Å²) in [7, 11) is 2.26. The van der Waals surface area contributed by atoms with Crippen LogP contribution in [0.4, 0.5) is 0 Å². The average Bonchev–Trinajstić information content (AvgIpc) is 3.08. The van der Waals surface area contributed by atoms with Gasteiger partial charge in [0.1, 0.15) is 0 Å². The second-order valence-electron chi connectivity index (χ2n) is 7.08. The highest BCUT2D eigenvalue weighted by atomic mass is 15.1. The van der Waals surface area contributed by atoms with Crippen molar-refractivity contribution in [3.63, 3.8) is 0 Å². The molecule has 3 rings (SSSR count). The van der Waals surface area contributed by atoms with Crippen LogP contribution in [0.5, 0.6) is 0 Å². The van der Waals surface area contributed by atoms with Gasteiger partial charge in [-0.25, -0.2) is 0 Å². The van der Waals surface area contributed by atoms with Crippen molar-refractivity contribution in [1.29, 1.82) is 0 Å². The summed E-state index contributed by atoms with van der Waals surface area (Å²) in [4.78, 5) is 2.48. The van der Waals surface area contributed by atoms with Crippen LogP contribution in [0.1, 0.15) is 44.9 Å². The van der Waals surface area contributed by atoms with Crippen molar-refractivity contribution < 1.29 is 0 Å². The largest absolute Gasteiger partial charge is 0.314 e. The van der Waals surface area contributed by atoms with Crippen LogP contribution in [0.2, 0.25) is 0 Å². The molecule has 2 aliphatic heterocycles. The summed E-state index contributed by atoms with van der Waals surface area (Å²) >= 11 is 0. The number of nitrogens with zero attached hydrogens (tertiary/aromatic N) is 1. The van der Waals surface area contributed by atoms with Gasteiger partial charge in [-0.2, -0.15) is 0 Å². The van der Waals surface area contributed by atoms with E-state index in [1.165, 1.54) is 71.1 Å². The second kappa shape index (κ2) is 6.55. The summed E-state index contributed by atoms with van der Waals surface area (Å²) in [6, 6.07) is 1.60. The standard InChI is InChI=1S/C16H31N3/c1-19-10-8-13(12-19)11-18-16-6-3-2-5-14(16)15-7-4-9-17-15/h13-18H,2-12H2,1H3. The lowest BCUT2D eigenvalue weighted by Crippen LogP contribution is -2.48. The van der Waals surface area contributed by atoms with E-state index in [1.54, 1.807) is 0 Å². The van der Waals surface area contributed by atoms with E-state index in [2.05, 4.69) is 22.6 Å². The first-order valence-corrected chi connectivity index (χ1v) is 8.48. The van der Waals surface area contributed by atoms with Gasteiger partial charge in [0.05, 0.1) is 0 Å². The normalized spacial score (nSPS) is 40.9. The first-order chi connectivity index (χ1) is 9.33. The highest BCUT2D eigenvalue weighted by molar-refractivity contribution is 4.92. The van der Waals surface area contributed by atoms with Gasteiger partial charge in [-0.1, -0.05) is 12.8 Å². The lowest BCUT2D eigenvalue weighted by molar-refractivity contribution is 0.208. The average molecular weight is 265 g/mol.